The molecular formula is C10H17NO3. The molecule has 80 valence electrons. The molecule has 0 aromatic rings. The molecule has 0 radical (unpaired) electrons. The topological polar surface area (TPSA) is 70.3 Å². The molecule has 0 aliphatic carbocycles. The molecule has 0 rings (SSSR count). The summed E-state index contributed by atoms with van der Waals surface area (Å²) in [4.78, 5) is 11.3. The van der Waals surface area contributed by atoms with Gasteiger partial charge in [-0.1, -0.05) is 13.3 Å². The smallest absolute Gasteiger partial charge is 0.323 e. The first kappa shape index (κ1) is 12.9. The summed E-state index contributed by atoms with van der Waals surface area (Å²) >= 11 is 0. The van der Waals surface area contributed by atoms with Crippen LogP contribution in [-0.2, 0) is 9.53 Å². The van der Waals surface area contributed by atoms with Crippen molar-refractivity contribution in [3.63, 3.8) is 0 Å². The number of esters is 1. The lowest BCUT2D eigenvalue weighted by atomic mass is 10.1. The van der Waals surface area contributed by atoms with Crippen LogP contribution in [0.1, 0.15) is 33.1 Å². The Morgan fingerprint density at radius 1 is 1.57 bits per heavy atom. The van der Waals surface area contributed by atoms with Gasteiger partial charge in [0, 0.05) is 13.0 Å². The Labute approximate surface area is 84.5 Å². The van der Waals surface area contributed by atoms with Gasteiger partial charge in [0.2, 0.25) is 0 Å². The van der Waals surface area contributed by atoms with Crippen molar-refractivity contribution < 1.29 is 14.6 Å². The van der Waals surface area contributed by atoms with Crippen LogP contribution in [0.15, 0.2) is 0 Å². The number of ether oxygens (including phenoxy) is 1. The largest absolute Gasteiger partial charge is 0.462 e. The van der Waals surface area contributed by atoms with Crippen LogP contribution in [0.5, 0.6) is 0 Å². The quantitative estimate of drug-likeness (QED) is 0.653. The molecule has 2 atom stereocenters. The lowest BCUT2D eigenvalue weighted by Gasteiger charge is -2.13. The van der Waals surface area contributed by atoms with Gasteiger partial charge >= 0.3 is 5.97 Å². The highest BCUT2D eigenvalue weighted by Gasteiger charge is 2.20. The van der Waals surface area contributed by atoms with E-state index in [1.165, 1.54) is 0 Å². The zero-order chi connectivity index (χ0) is 11.0. The Morgan fingerprint density at radius 3 is 2.64 bits per heavy atom. The summed E-state index contributed by atoms with van der Waals surface area (Å²) in [6.07, 6.45) is 1.40. The predicted octanol–water partition coefficient (Wildman–Crippen LogP) is 1.24. The normalized spacial score (nSPS) is 14.1. The Kier molecular flexibility index (Phi) is 6.77. The zero-order valence-electron chi connectivity index (χ0n) is 8.69. The summed E-state index contributed by atoms with van der Waals surface area (Å²) in [5, 5.41) is 17.3. The number of carbonyl (C=O) groups excluding carboxylic acids is 1. The zero-order valence-corrected chi connectivity index (χ0v) is 8.69. The van der Waals surface area contributed by atoms with E-state index in [1.54, 1.807) is 6.92 Å². The van der Waals surface area contributed by atoms with Gasteiger partial charge in [-0.25, -0.2) is 0 Å². The predicted molar refractivity (Wildman–Crippen MR) is 51.3 cm³/mol. The molecule has 2 unspecified atom stereocenters. The van der Waals surface area contributed by atoms with Crippen molar-refractivity contribution in [2.75, 3.05) is 6.61 Å². The molecule has 4 heteroatoms. The minimum Gasteiger partial charge on any atom is -0.462 e. The molecule has 0 aromatic carbocycles. The Hall–Kier alpha value is -1.08. The average Bonchev–Trinajstić information content (AvgIpc) is 2.14. The highest BCUT2D eigenvalue weighted by molar-refractivity contribution is 5.75. The molecule has 0 bridgehead atoms. The van der Waals surface area contributed by atoms with Gasteiger partial charge in [0.15, 0.2) is 0 Å². The van der Waals surface area contributed by atoms with E-state index < -0.39 is 11.9 Å². The van der Waals surface area contributed by atoms with Crippen LogP contribution in [0.2, 0.25) is 0 Å². The summed E-state index contributed by atoms with van der Waals surface area (Å²) in [7, 11) is 0. The summed E-state index contributed by atoms with van der Waals surface area (Å²) in [5.74, 6) is -1.14. The monoisotopic (exact) mass is 199 g/mol. The van der Waals surface area contributed by atoms with E-state index in [1.807, 2.05) is 13.0 Å². The van der Waals surface area contributed by atoms with Crippen molar-refractivity contribution in [1.29, 1.82) is 5.26 Å². The van der Waals surface area contributed by atoms with E-state index in [0.29, 0.717) is 12.8 Å². The first-order valence-electron chi connectivity index (χ1n) is 4.86. The number of nitriles is 1. The molecule has 14 heavy (non-hydrogen) atoms. The molecule has 4 nitrogen and oxygen atoms in total. The van der Waals surface area contributed by atoms with Gasteiger partial charge in [-0.15, -0.1) is 0 Å². The van der Waals surface area contributed by atoms with Crippen LogP contribution in [0.4, 0.5) is 0 Å². The molecule has 0 saturated heterocycles. The Bertz CT molecular complexity index is 210. The van der Waals surface area contributed by atoms with Gasteiger partial charge in [-0.2, -0.15) is 5.26 Å². The van der Waals surface area contributed by atoms with E-state index >= 15 is 0 Å². The molecular weight excluding hydrogens is 182 g/mol. The van der Waals surface area contributed by atoms with Crippen LogP contribution < -0.4 is 0 Å². The minimum absolute atomic E-state index is 0.0144. The molecule has 0 heterocycles. The van der Waals surface area contributed by atoms with Crippen LogP contribution in [-0.4, -0.2) is 23.8 Å². The lowest BCUT2D eigenvalue weighted by molar-refractivity contribution is -0.152. The van der Waals surface area contributed by atoms with Gasteiger partial charge in [0.25, 0.3) is 0 Å². The summed E-state index contributed by atoms with van der Waals surface area (Å²) in [6.45, 7) is 3.60. The summed E-state index contributed by atoms with van der Waals surface area (Å²) in [6, 6.07) is 1.91. The fraction of sp³-hybridized carbons (Fsp3) is 0.800. The standard InChI is InChI=1S/C10H17NO3/c1-3-4-9(7-11)10(13)14-8(2)5-6-12/h8-9,12H,3-6H2,1-2H3. The van der Waals surface area contributed by atoms with Crippen molar-refractivity contribution in [2.45, 2.75) is 39.2 Å². The Balaban J connectivity index is 3.98. The lowest BCUT2D eigenvalue weighted by Crippen LogP contribution is -2.22. The summed E-state index contributed by atoms with van der Waals surface area (Å²) < 4.78 is 4.97. The first-order valence-corrected chi connectivity index (χ1v) is 4.86. The number of aliphatic hydroxyl groups is 1. The number of carbonyl (C=O) groups is 1. The van der Waals surface area contributed by atoms with Crippen molar-refractivity contribution >= 4 is 5.97 Å². The molecule has 0 aliphatic rings. The van der Waals surface area contributed by atoms with Crippen LogP contribution in [0, 0.1) is 17.2 Å². The molecule has 0 aliphatic heterocycles. The number of nitrogens with zero attached hydrogens (tertiary/aromatic N) is 1. The number of aliphatic hydroxyl groups excluding tert-OH is 1. The number of hydrogen-bond acceptors (Lipinski definition) is 4. The first-order chi connectivity index (χ1) is 6.65. The van der Waals surface area contributed by atoms with E-state index in [2.05, 4.69) is 0 Å². The fourth-order valence-corrected chi connectivity index (χ4v) is 1.04. The maximum atomic E-state index is 11.3. The third-order valence-corrected chi connectivity index (χ3v) is 1.87. The molecule has 0 aromatic heterocycles. The van der Waals surface area contributed by atoms with Gasteiger partial charge < -0.3 is 9.84 Å². The fourth-order valence-electron chi connectivity index (χ4n) is 1.04. The molecule has 1 N–H and O–H groups in total. The molecule has 0 saturated carbocycles. The van der Waals surface area contributed by atoms with Crippen molar-refractivity contribution in [3.8, 4) is 6.07 Å². The van der Waals surface area contributed by atoms with Crippen molar-refractivity contribution in [3.05, 3.63) is 0 Å². The van der Waals surface area contributed by atoms with E-state index in [-0.39, 0.29) is 12.7 Å². The van der Waals surface area contributed by atoms with E-state index in [4.69, 9.17) is 15.1 Å². The average molecular weight is 199 g/mol. The summed E-state index contributed by atoms with van der Waals surface area (Å²) in [5.41, 5.74) is 0. The molecule has 0 amide bonds. The van der Waals surface area contributed by atoms with E-state index in [0.717, 1.165) is 6.42 Å². The SMILES string of the molecule is CCCC(C#N)C(=O)OC(C)CCO. The third-order valence-electron chi connectivity index (χ3n) is 1.87. The van der Waals surface area contributed by atoms with E-state index in [9.17, 15) is 4.79 Å². The molecule has 0 spiro atoms. The highest BCUT2D eigenvalue weighted by Crippen LogP contribution is 2.09. The second kappa shape index (κ2) is 7.34. The number of rotatable bonds is 6. The third kappa shape index (κ3) is 4.83. The Morgan fingerprint density at radius 2 is 2.21 bits per heavy atom. The van der Waals surface area contributed by atoms with Crippen LogP contribution in [0.3, 0.4) is 0 Å². The van der Waals surface area contributed by atoms with Crippen LogP contribution >= 0.6 is 0 Å². The van der Waals surface area contributed by atoms with Gasteiger partial charge in [-0.05, 0) is 13.3 Å². The van der Waals surface area contributed by atoms with Crippen LogP contribution in [0.25, 0.3) is 0 Å². The maximum absolute atomic E-state index is 11.3. The number of hydrogen-bond donors (Lipinski definition) is 1. The molecule has 0 fully saturated rings. The minimum atomic E-state index is -0.666. The van der Waals surface area contributed by atoms with Gasteiger partial charge in [0.05, 0.1) is 6.07 Å². The maximum Gasteiger partial charge on any atom is 0.323 e. The van der Waals surface area contributed by atoms with Crippen molar-refractivity contribution in [2.24, 2.45) is 5.92 Å². The van der Waals surface area contributed by atoms with Gasteiger partial charge in [-0.3, -0.25) is 4.79 Å². The van der Waals surface area contributed by atoms with Gasteiger partial charge in [0.1, 0.15) is 12.0 Å². The second-order valence-electron chi connectivity index (χ2n) is 3.23. The highest BCUT2D eigenvalue weighted by atomic mass is 16.5. The van der Waals surface area contributed by atoms with Crippen molar-refractivity contribution in [1.82, 2.24) is 0 Å². The second-order valence-corrected chi connectivity index (χ2v) is 3.23.